The highest BCUT2D eigenvalue weighted by atomic mass is 32.2. The average Bonchev–Trinajstić information content (AvgIpc) is 2.33. The molecule has 0 heterocycles. The van der Waals surface area contributed by atoms with Crippen molar-refractivity contribution < 1.29 is 23.7 Å². The van der Waals surface area contributed by atoms with Gasteiger partial charge in [0, 0.05) is 24.3 Å². The summed E-state index contributed by atoms with van der Waals surface area (Å²) in [4.78, 5) is 33.3. The number of rotatable bonds is 8. The van der Waals surface area contributed by atoms with Crippen molar-refractivity contribution in [2.45, 2.75) is 38.5 Å². The van der Waals surface area contributed by atoms with Gasteiger partial charge in [0.25, 0.3) is 0 Å². The molecule has 0 aromatic carbocycles. The predicted octanol–water partition coefficient (Wildman–Crippen LogP) is -0.761. The Bertz CT molecular complexity index is 372. The van der Waals surface area contributed by atoms with Gasteiger partial charge in [-0.3, -0.25) is 13.8 Å². The van der Waals surface area contributed by atoms with Crippen LogP contribution in [0.25, 0.3) is 0 Å². The van der Waals surface area contributed by atoms with Crippen LogP contribution in [0.3, 0.4) is 0 Å². The highest BCUT2D eigenvalue weighted by Crippen LogP contribution is 2.00. The van der Waals surface area contributed by atoms with Crippen LogP contribution in [-0.2, 0) is 25.2 Å². The lowest BCUT2D eigenvalue weighted by molar-refractivity contribution is -0.140. The van der Waals surface area contributed by atoms with Gasteiger partial charge in [0.05, 0.1) is 5.75 Å². The van der Waals surface area contributed by atoms with E-state index in [2.05, 4.69) is 10.6 Å². The third-order valence-corrected chi connectivity index (χ3v) is 3.98. The van der Waals surface area contributed by atoms with Crippen molar-refractivity contribution in [3.8, 4) is 0 Å². The van der Waals surface area contributed by atoms with Gasteiger partial charge in [0.2, 0.25) is 11.8 Å². The molecule has 0 saturated carbocycles. The van der Waals surface area contributed by atoms with Crippen LogP contribution < -0.4 is 10.6 Å². The van der Waals surface area contributed by atoms with E-state index in [1.165, 1.54) is 13.8 Å². The molecular weight excluding hydrogens is 272 g/mol. The zero-order valence-electron chi connectivity index (χ0n) is 11.3. The molecule has 0 bridgehead atoms. The number of nitrogens with one attached hydrogen (secondary N) is 2. The summed E-state index contributed by atoms with van der Waals surface area (Å²) in [6.45, 7) is 5.01. The summed E-state index contributed by atoms with van der Waals surface area (Å²) in [5.41, 5.74) is 0. The van der Waals surface area contributed by atoms with Gasteiger partial charge in [0.1, 0.15) is 11.3 Å². The Morgan fingerprint density at radius 3 is 2.32 bits per heavy atom. The monoisotopic (exact) mass is 292 g/mol. The van der Waals surface area contributed by atoms with Gasteiger partial charge in [-0.05, 0) is 13.3 Å². The van der Waals surface area contributed by atoms with Gasteiger partial charge in [-0.1, -0.05) is 6.92 Å². The second-order valence-electron chi connectivity index (χ2n) is 4.07. The van der Waals surface area contributed by atoms with Crippen molar-refractivity contribution in [2.75, 3.05) is 12.3 Å². The second kappa shape index (κ2) is 8.63. The Morgan fingerprint density at radius 1 is 1.32 bits per heavy atom. The Balaban J connectivity index is 4.50. The first kappa shape index (κ1) is 17.6. The molecule has 2 amide bonds. The third kappa shape index (κ3) is 6.90. The molecule has 2 unspecified atom stereocenters. The smallest absolute Gasteiger partial charge is 0.327 e. The Hall–Kier alpha value is -1.44. The Labute approximate surface area is 114 Å². The molecule has 7 nitrogen and oxygen atoms in total. The minimum atomic E-state index is -1.67. The molecule has 0 aliphatic rings. The molecule has 0 radical (unpaired) electrons. The van der Waals surface area contributed by atoms with Crippen LogP contribution >= 0.6 is 0 Å². The molecule has 0 aromatic rings. The number of carbonyl (C=O) groups is 3. The lowest BCUT2D eigenvalue weighted by Crippen LogP contribution is -2.46. The predicted molar refractivity (Wildman–Crippen MR) is 71.0 cm³/mol. The van der Waals surface area contributed by atoms with Crippen LogP contribution in [0, 0.1) is 0 Å². The van der Waals surface area contributed by atoms with Crippen molar-refractivity contribution in [2.24, 2.45) is 0 Å². The molecule has 3 atom stereocenters. The fraction of sp³-hybridized carbons (Fsp3) is 0.727. The molecule has 0 aliphatic heterocycles. The molecule has 3 N–H and O–H groups in total. The first-order valence-corrected chi connectivity index (χ1v) is 7.32. The lowest BCUT2D eigenvalue weighted by Gasteiger charge is -2.16. The number of carbonyl (C=O) groups excluding carboxylic acids is 2. The molecule has 0 aliphatic carbocycles. The average molecular weight is 292 g/mol. The van der Waals surface area contributed by atoms with Crippen molar-refractivity contribution in [1.29, 1.82) is 0 Å². The maximum absolute atomic E-state index is 11.9. The summed E-state index contributed by atoms with van der Waals surface area (Å²) in [7, 11) is -1.67. The second-order valence-corrected chi connectivity index (χ2v) is 5.87. The number of hydrogen-bond donors (Lipinski definition) is 3. The summed E-state index contributed by atoms with van der Waals surface area (Å²) >= 11 is 0. The number of aliphatic carboxylic acids is 1. The molecule has 0 spiro atoms. The number of carboxylic acids is 1. The number of amides is 2. The molecule has 0 rings (SSSR count). The van der Waals surface area contributed by atoms with Gasteiger partial charge in [-0.2, -0.15) is 0 Å². The van der Waals surface area contributed by atoms with E-state index in [9.17, 15) is 18.6 Å². The largest absolute Gasteiger partial charge is 0.480 e. The van der Waals surface area contributed by atoms with Crippen molar-refractivity contribution in [3.63, 3.8) is 0 Å². The van der Waals surface area contributed by atoms with Gasteiger partial charge < -0.3 is 15.7 Å². The van der Waals surface area contributed by atoms with E-state index in [-0.39, 0.29) is 11.7 Å². The maximum atomic E-state index is 11.9. The maximum Gasteiger partial charge on any atom is 0.327 e. The fourth-order valence-electron chi connectivity index (χ4n) is 1.24. The molecule has 0 fully saturated rings. The lowest BCUT2D eigenvalue weighted by atomic mass is 10.3. The zero-order chi connectivity index (χ0) is 15.0. The number of hydrogen-bond acceptors (Lipinski definition) is 4. The zero-order valence-corrected chi connectivity index (χ0v) is 12.1. The summed E-state index contributed by atoms with van der Waals surface area (Å²) in [5.74, 6) is -2.47. The van der Waals surface area contributed by atoms with Gasteiger partial charge in [-0.15, -0.1) is 0 Å². The van der Waals surface area contributed by atoms with Crippen LogP contribution in [0.1, 0.15) is 27.2 Å². The van der Waals surface area contributed by atoms with Crippen LogP contribution in [0.4, 0.5) is 0 Å². The SMILES string of the molecule is CCCNC(=O)C(C)S(=O)C[C@H](NC(C)=O)C(=O)O. The highest BCUT2D eigenvalue weighted by molar-refractivity contribution is 7.86. The molecule has 19 heavy (non-hydrogen) atoms. The van der Waals surface area contributed by atoms with Gasteiger partial charge in [0.15, 0.2) is 0 Å². The molecular formula is C11H20N2O5S. The van der Waals surface area contributed by atoms with E-state index < -0.39 is 34.0 Å². The standard InChI is InChI=1S/C11H20N2O5S/c1-4-5-12-10(15)7(2)19(18)6-9(11(16)17)13-8(3)14/h7,9H,4-6H2,1-3H3,(H,12,15)(H,13,14)(H,16,17)/t7?,9-,19?/m0/s1. The summed E-state index contributed by atoms with van der Waals surface area (Å²) in [5, 5.41) is 12.8. The normalized spacial score (nSPS) is 15.1. The van der Waals surface area contributed by atoms with Crippen molar-refractivity contribution in [3.05, 3.63) is 0 Å². The molecule has 0 saturated heterocycles. The first-order valence-electron chi connectivity index (χ1n) is 5.94. The van der Waals surface area contributed by atoms with Crippen LogP contribution in [0.5, 0.6) is 0 Å². The van der Waals surface area contributed by atoms with Crippen molar-refractivity contribution >= 4 is 28.6 Å². The first-order chi connectivity index (χ1) is 8.79. The van der Waals surface area contributed by atoms with Crippen LogP contribution in [-0.4, -0.2) is 50.7 Å². The third-order valence-electron chi connectivity index (χ3n) is 2.32. The van der Waals surface area contributed by atoms with Crippen LogP contribution in [0.2, 0.25) is 0 Å². The Kier molecular flexibility index (Phi) is 7.97. The van der Waals surface area contributed by atoms with Crippen molar-refractivity contribution in [1.82, 2.24) is 10.6 Å². The van der Waals surface area contributed by atoms with E-state index in [1.54, 1.807) is 0 Å². The minimum Gasteiger partial charge on any atom is -0.480 e. The van der Waals surface area contributed by atoms with E-state index in [4.69, 9.17) is 5.11 Å². The quantitative estimate of drug-likeness (QED) is 0.544. The molecule has 110 valence electrons. The van der Waals surface area contributed by atoms with E-state index in [0.29, 0.717) is 6.54 Å². The van der Waals surface area contributed by atoms with E-state index >= 15 is 0 Å². The minimum absolute atomic E-state index is 0.296. The highest BCUT2D eigenvalue weighted by Gasteiger charge is 2.26. The number of carboxylic acid groups (broad SMARTS) is 1. The summed E-state index contributed by atoms with van der Waals surface area (Å²) in [6, 6.07) is -1.25. The van der Waals surface area contributed by atoms with Crippen LogP contribution in [0.15, 0.2) is 0 Å². The summed E-state index contributed by atoms with van der Waals surface area (Å²) in [6.07, 6.45) is 0.759. The van der Waals surface area contributed by atoms with Gasteiger partial charge >= 0.3 is 5.97 Å². The Morgan fingerprint density at radius 2 is 1.89 bits per heavy atom. The summed E-state index contributed by atoms with van der Waals surface area (Å²) < 4.78 is 11.9. The fourth-order valence-corrected chi connectivity index (χ4v) is 2.41. The van der Waals surface area contributed by atoms with Gasteiger partial charge in [-0.25, -0.2) is 4.79 Å². The van der Waals surface area contributed by atoms with E-state index in [0.717, 1.165) is 6.42 Å². The molecule has 8 heteroatoms. The topological polar surface area (TPSA) is 113 Å². The van der Waals surface area contributed by atoms with E-state index in [1.807, 2.05) is 6.92 Å². The molecule has 0 aromatic heterocycles.